The Hall–Kier alpha value is -4.31. The summed E-state index contributed by atoms with van der Waals surface area (Å²) in [7, 11) is 0. The fraction of sp³-hybridized carbons (Fsp3) is 0.250. The summed E-state index contributed by atoms with van der Waals surface area (Å²) < 4.78 is 41.8. The number of aromatic nitrogens is 3. The maximum atomic E-state index is 13.4. The number of benzene rings is 2. The second-order valence-electron chi connectivity index (χ2n) is 7.74. The van der Waals surface area contributed by atoms with Crippen LogP contribution in [0.15, 0.2) is 59.8 Å². The van der Waals surface area contributed by atoms with Gasteiger partial charge in [0.2, 0.25) is 11.9 Å². The van der Waals surface area contributed by atoms with E-state index in [4.69, 9.17) is 5.26 Å². The molecule has 3 aromatic rings. The van der Waals surface area contributed by atoms with E-state index in [0.29, 0.717) is 34.9 Å². The van der Waals surface area contributed by atoms with Gasteiger partial charge in [0.25, 0.3) is 0 Å². The maximum absolute atomic E-state index is 13.4. The Kier molecular flexibility index (Phi) is 5.99. The lowest BCUT2D eigenvalue weighted by Crippen LogP contribution is -2.31. The van der Waals surface area contributed by atoms with Crippen molar-refractivity contribution in [1.82, 2.24) is 14.8 Å². The molecular weight excluding hydrogens is 443 g/mol. The number of alkyl halides is 3. The molecule has 7 nitrogen and oxygen atoms in total. The summed E-state index contributed by atoms with van der Waals surface area (Å²) in [5.41, 5.74) is 1.33. The number of hydrogen-bond donors (Lipinski definition) is 1. The number of allylic oxidation sites excluding steroid dienone is 2. The van der Waals surface area contributed by atoms with Crippen molar-refractivity contribution >= 4 is 17.6 Å². The number of nitriles is 2. The van der Waals surface area contributed by atoms with E-state index in [2.05, 4.69) is 27.5 Å². The van der Waals surface area contributed by atoms with Gasteiger partial charge in [0.05, 0.1) is 28.8 Å². The van der Waals surface area contributed by atoms with Crippen molar-refractivity contribution in [3.05, 3.63) is 76.5 Å². The van der Waals surface area contributed by atoms with E-state index in [1.54, 1.807) is 31.2 Å². The van der Waals surface area contributed by atoms with Crippen LogP contribution in [0, 0.1) is 22.7 Å². The predicted octanol–water partition coefficient (Wildman–Crippen LogP) is 5.53. The van der Waals surface area contributed by atoms with Crippen molar-refractivity contribution in [1.29, 1.82) is 10.5 Å². The molecule has 1 N–H and O–H groups in total. The number of halogens is 3. The summed E-state index contributed by atoms with van der Waals surface area (Å²) in [4.78, 5) is 6.07. The third-order valence-electron chi connectivity index (χ3n) is 5.50. The molecular formula is C24H20F3N7. The van der Waals surface area contributed by atoms with Gasteiger partial charge in [-0.1, -0.05) is 25.1 Å². The highest BCUT2D eigenvalue weighted by atomic mass is 19.4. The lowest BCUT2D eigenvalue weighted by atomic mass is 9.95. The van der Waals surface area contributed by atoms with Gasteiger partial charge < -0.3 is 5.32 Å². The molecule has 1 aliphatic rings. The van der Waals surface area contributed by atoms with Crippen LogP contribution < -0.4 is 10.2 Å². The molecule has 0 saturated heterocycles. The van der Waals surface area contributed by atoms with Gasteiger partial charge in [-0.15, -0.1) is 5.10 Å². The van der Waals surface area contributed by atoms with Crippen LogP contribution in [0.25, 0.3) is 0 Å². The van der Waals surface area contributed by atoms with Crippen molar-refractivity contribution in [3.8, 4) is 12.1 Å². The fourth-order valence-electron chi connectivity index (χ4n) is 3.86. The first-order valence-electron chi connectivity index (χ1n) is 10.6. The average molecular weight is 463 g/mol. The molecule has 4 rings (SSSR count). The largest absolute Gasteiger partial charge is 0.416 e. The van der Waals surface area contributed by atoms with Crippen LogP contribution in [0.5, 0.6) is 0 Å². The van der Waals surface area contributed by atoms with Gasteiger partial charge in [0.15, 0.2) is 0 Å². The van der Waals surface area contributed by atoms with Gasteiger partial charge in [0.1, 0.15) is 6.04 Å². The molecule has 0 radical (unpaired) electrons. The Morgan fingerprint density at radius 3 is 2.44 bits per heavy atom. The number of nitrogens with one attached hydrogen (secondary N) is 1. The van der Waals surface area contributed by atoms with Gasteiger partial charge in [-0.25, -0.2) is 4.68 Å². The highest BCUT2D eigenvalue weighted by Gasteiger charge is 2.37. The molecule has 1 atom stereocenters. The third kappa shape index (κ3) is 4.06. The Balaban J connectivity index is 1.92. The first-order chi connectivity index (χ1) is 16.3. The van der Waals surface area contributed by atoms with Crippen LogP contribution in [-0.4, -0.2) is 21.3 Å². The minimum Gasteiger partial charge on any atom is -0.353 e. The van der Waals surface area contributed by atoms with E-state index in [-0.39, 0.29) is 11.6 Å². The Labute approximate surface area is 194 Å². The first-order valence-corrected chi connectivity index (χ1v) is 10.6. The zero-order chi connectivity index (χ0) is 24.5. The summed E-state index contributed by atoms with van der Waals surface area (Å²) in [6.07, 6.45) is -3.70. The molecule has 1 unspecified atom stereocenters. The summed E-state index contributed by atoms with van der Waals surface area (Å²) in [6.45, 7) is 4.26. The number of anilines is 3. The lowest BCUT2D eigenvalue weighted by molar-refractivity contribution is -0.137. The summed E-state index contributed by atoms with van der Waals surface area (Å²) in [6, 6.07) is 15.3. The van der Waals surface area contributed by atoms with Crippen molar-refractivity contribution in [3.63, 3.8) is 0 Å². The van der Waals surface area contributed by atoms with Crippen molar-refractivity contribution < 1.29 is 13.2 Å². The number of hydrogen-bond acceptors (Lipinski definition) is 6. The van der Waals surface area contributed by atoms with Gasteiger partial charge in [-0.3, -0.25) is 4.90 Å². The smallest absolute Gasteiger partial charge is 0.353 e. The zero-order valence-electron chi connectivity index (χ0n) is 18.4. The second-order valence-corrected chi connectivity index (χ2v) is 7.74. The summed E-state index contributed by atoms with van der Waals surface area (Å²) in [5, 5.41) is 26.9. The van der Waals surface area contributed by atoms with E-state index in [0.717, 1.165) is 18.6 Å². The topological polar surface area (TPSA) is 93.6 Å². The standard InChI is InChI=1S/C24H20F3N7/c1-3-11-30-22-31-23-33(19-6-4-5-18(12-19)24(25,26)27)15(2)20(14-29)21(34(23)32-22)17-9-7-16(13-28)8-10-17/h4-10,12,21H,3,11H2,1-2H3,(H,30,32). The van der Waals surface area contributed by atoms with Gasteiger partial charge in [-0.05, 0) is 49.2 Å². The third-order valence-corrected chi connectivity index (χ3v) is 5.50. The molecule has 0 saturated carbocycles. The fourth-order valence-corrected chi connectivity index (χ4v) is 3.86. The highest BCUT2D eigenvalue weighted by molar-refractivity contribution is 5.69. The molecule has 0 spiro atoms. The summed E-state index contributed by atoms with van der Waals surface area (Å²) >= 11 is 0. The molecule has 172 valence electrons. The number of fused-ring (bicyclic) bond motifs is 1. The van der Waals surface area contributed by atoms with Gasteiger partial charge >= 0.3 is 6.18 Å². The molecule has 0 amide bonds. The molecule has 34 heavy (non-hydrogen) atoms. The molecule has 0 aliphatic carbocycles. The van der Waals surface area contributed by atoms with E-state index in [1.807, 2.05) is 6.92 Å². The molecule has 10 heteroatoms. The quantitative estimate of drug-likeness (QED) is 0.535. The van der Waals surface area contributed by atoms with E-state index < -0.39 is 17.8 Å². The van der Waals surface area contributed by atoms with E-state index >= 15 is 0 Å². The normalized spacial score (nSPS) is 15.5. The maximum Gasteiger partial charge on any atom is 0.416 e. The molecule has 1 aliphatic heterocycles. The highest BCUT2D eigenvalue weighted by Crippen LogP contribution is 2.43. The molecule has 2 heterocycles. The van der Waals surface area contributed by atoms with Gasteiger partial charge in [-0.2, -0.15) is 28.7 Å². The van der Waals surface area contributed by atoms with Crippen molar-refractivity contribution in [2.45, 2.75) is 32.5 Å². The van der Waals surface area contributed by atoms with E-state index in [9.17, 15) is 18.4 Å². The minimum atomic E-state index is -4.52. The number of rotatable bonds is 5. The summed E-state index contributed by atoms with van der Waals surface area (Å²) in [5.74, 6) is 0.586. The van der Waals surface area contributed by atoms with Crippen LogP contribution in [0.2, 0.25) is 0 Å². The van der Waals surface area contributed by atoms with Crippen LogP contribution >= 0.6 is 0 Å². The monoisotopic (exact) mass is 463 g/mol. The van der Waals surface area contributed by atoms with Crippen LogP contribution in [0.3, 0.4) is 0 Å². The average Bonchev–Trinajstić information content (AvgIpc) is 3.24. The lowest BCUT2D eigenvalue weighted by Gasteiger charge is -2.34. The Bertz CT molecular complexity index is 1320. The van der Waals surface area contributed by atoms with Crippen LogP contribution in [-0.2, 0) is 6.18 Å². The zero-order valence-corrected chi connectivity index (χ0v) is 18.4. The Morgan fingerprint density at radius 2 is 1.82 bits per heavy atom. The minimum absolute atomic E-state index is 0.217. The molecule has 2 aromatic carbocycles. The first kappa shape index (κ1) is 22.9. The molecule has 0 fully saturated rings. The molecule has 1 aromatic heterocycles. The van der Waals surface area contributed by atoms with Crippen molar-refractivity contribution in [2.24, 2.45) is 0 Å². The number of nitrogens with zero attached hydrogens (tertiary/aromatic N) is 6. The van der Waals surface area contributed by atoms with Crippen molar-refractivity contribution in [2.75, 3.05) is 16.8 Å². The Morgan fingerprint density at radius 1 is 1.09 bits per heavy atom. The SMILES string of the molecule is CCCNc1nc2n(n1)C(c1ccc(C#N)cc1)C(C#N)=C(C)N2c1cccc(C(F)(F)F)c1. The van der Waals surface area contributed by atoms with E-state index in [1.165, 1.54) is 21.7 Å². The van der Waals surface area contributed by atoms with Crippen LogP contribution in [0.4, 0.5) is 30.8 Å². The van der Waals surface area contributed by atoms with Crippen LogP contribution in [0.1, 0.15) is 43.0 Å². The second kappa shape index (κ2) is 8.91. The predicted molar refractivity (Wildman–Crippen MR) is 120 cm³/mol. The molecule has 0 bridgehead atoms. The van der Waals surface area contributed by atoms with Gasteiger partial charge in [0, 0.05) is 17.9 Å².